The van der Waals surface area contributed by atoms with E-state index < -0.39 is 0 Å². The molecule has 23 heavy (non-hydrogen) atoms. The number of hydrogen-bond donors (Lipinski definition) is 1. The van der Waals surface area contributed by atoms with Gasteiger partial charge in [0, 0.05) is 31.9 Å². The fourth-order valence-corrected chi connectivity index (χ4v) is 2.66. The molecule has 4 nitrogen and oxygen atoms in total. The van der Waals surface area contributed by atoms with Crippen molar-refractivity contribution in [2.24, 2.45) is 0 Å². The third-order valence-electron chi connectivity index (χ3n) is 3.93. The van der Waals surface area contributed by atoms with Crippen molar-refractivity contribution >= 4 is 5.69 Å². The van der Waals surface area contributed by atoms with E-state index in [1.54, 1.807) is 0 Å². The van der Waals surface area contributed by atoms with E-state index >= 15 is 0 Å². The van der Waals surface area contributed by atoms with Crippen molar-refractivity contribution in [2.75, 3.05) is 44.3 Å². The highest BCUT2D eigenvalue weighted by atomic mass is 16.5. The third-order valence-corrected chi connectivity index (χ3v) is 3.93. The van der Waals surface area contributed by atoms with Crippen LogP contribution in [0.25, 0.3) is 0 Å². The maximum atomic E-state index is 5.73. The first-order valence-electron chi connectivity index (χ1n) is 8.22. The Hall–Kier alpha value is -2.04. The second-order valence-corrected chi connectivity index (χ2v) is 5.62. The molecule has 0 spiro atoms. The molecule has 0 radical (unpaired) electrons. The van der Waals surface area contributed by atoms with Gasteiger partial charge >= 0.3 is 0 Å². The van der Waals surface area contributed by atoms with Crippen LogP contribution in [0.4, 0.5) is 5.69 Å². The van der Waals surface area contributed by atoms with Crippen molar-refractivity contribution in [1.82, 2.24) is 5.32 Å². The zero-order valence-corrected chi connectivity index (χ0v) is 13.4. The van der Waals surface area contributed by atoms with Crippen molar-refractivity contribution in [3.8, 4) is 5.75 Å². The Morgan fingerprint density at radius 1 is 0.870 bits per heavy atom. The summed E-state index contributed by atoms with van der Waals surface area (Å²) in [6.07, 6.45) is 0. The maximum Gasteiger partial charge on any atom is 0.119 e. The van der Waals surface area contributed by atoms with E-state index in [9.17, 15) is 0 Å². The Morgan fingerprint density at radius 2 is 1.61 bits per heavy atom. The summed E-state index contributed by atoms with van der Waals surface area (Å²) in [6.45, 7) is 6.02. The molecule has 122 valence electrons. The molecule has 1 aliphatic heterocycles. The molecule has 4 heteroatoms. The lowest BCUT2D eigenvalue weighted by molar-refractivity contribution is 0.0889. The molecule has 1 aliphatic rings. The van der Waals surface area contributed by atoms with Gasteiger partial charge in [0.15, 0.2) is 0 Å². The van der Waals surface area contributed by atoms with Gasteiger partial charge in [-0.1, -0.05) is 30.3 Å². The van der Waals surface area contributed by atoms with E-state index in [0.717, 1.165) is 31.9 Å². The van der Waals surface area contributed by atoms with Crippen LogP contribution in [0.1, 0.15) is 5.56 Å². The minimum atomic E-state index is 0.569. The Bertz CT molecular complexity index is 566. The number of nitrogens with one attached hydrogen (secondary N) is 1. The van der Waals surface area contributed by atoms with Crippen molar-refractivity contribution in [3.05, 3.63) is 60.2 Å². The second-order valence-electron chi connectivity index (χ2n) is 5.62. The van der Waals surface area contributed by atoms with E-state index in [1.165, 1.54) is 11.3 Å². The van der Waals surface area contributed by atoms with E-state index in [-0.39, 0.29) is 0 Å². The monoisotopic (exact) mass is 312 g/mol. The number of nitrogens with zero attached hydrogens (tertiary/aromatic N) is 1. The Labute approximate surface area is 138 Å². The average molecular weight is 312 g/mol. The third kappa shape index (κ3) is 4.98. The van der Waals surface area contributed by atoms with Crippen LogP contribution in [-0.4, -0.2) is 39.4 Å². The van der Waals surface area contributed by atoms with Crippen LogP contribution in [0.5, 0.6) is 5.75 Å². The molecular weight excluding hydrogens is 288 g/mol. The molecule has 0 amide bonds. The molecule has 2 aromatic carbocycles. The van der Waals surface area contributed by atoms with Gasteiger partial charge in [-0.2, -0.15) is 0 Å². The predicted octanol–water partition coefficient (Wildman–Crippen LogP) is 2.69. The van der Waals surface area contributed by atoms with Gasteiger partial charge < -0.3 is 19.7 Å². The minimum absolute atomic E-state index is 0.569. The molecule has 0 aliphatic carbocycles. The Kier molecular flexibility index (Phi) is 5.89. The lowest BCUT2D eigenvalue weighted by Gasteiger charge is -2.29. The van der Waals surface area contributed by atoms with Crippen molar-refractivity contribution in [2.45, 2.75) is 6.61 Å². The summed E-state index contributed by atoms with van der Waals surface area (Å²) in [5, 5.41) is 3.37. The zero-order valence-electron chi connectivity index (χ0n) is 13.4. The smallest absolute Gasteiger partial charge is 0.119 e. The highest BCUT2D eigenvalue weighted by Gasteiger charge is 2.09. The normalized spacial score (nSPS) is 14.7. The molecule has 1 saturated heterocycles. The summed E-state index contributed by atoms with van der Waals surface area (Å²) in [6, 6.07) is 18.5. The van der Waals surface area contributed by atoms with Crippen LogP contribution in [0.2, 0.25) is 0 Å². The Morgan fingerprint density at radius 3 is 2.35 bits per heavy atom. The Balaban J connectivity index is 1.37. The number of rotatable bonds is 7. The fraction of sp³-hybridized carbons (Fsp3) is 0.368. The molecule has 0 saturated carbocycles. The van der Waals surface area contributed by atoms with Gasteiger partial charge in [-0.05, 0) is 29.8 Å². The standard InChI is InChI=1S/C19H24N2O2/c1-2-4-17(5-3-1)16-22-14-15-23-19-8-6-18(7-9-19)21-12-10-20-11-13-21/h1-9,20H,10-16H2. The van der Waals surface area contributed by atoms with Crippen molar-refractivity contribution in [3.63, 3.8) is 0 Å². The lowest BCUT2D eigenvalue weighted by atomic mass is 10.2. The molecule has 0 bridgehead atoms. The number of ether oxygens (including phenoxy) is 2. The molecule has 0 unspecified atom stereocenters. The van der Waals surface area contributed by atoms with Crippen LogP contribution in [0.15, 0.2) is 54.6 Å². The number of benzene rings is 2. The zero-order chi connectivity index (χ0) is 15.7. The van der Waals surface area contributed by atoms with Gasteiger partial charge in [-0.15, -0.1) is 0 Å². The van der Waals surface area contributed by atoms with Crippen molar-refractivity contribution < 1.29 is 9.47 Å². The quantitative estimate of drug-likeness (QED) is 0.797. The van der Waals surface area contributed by atoms with Gasteiger partial charge in [0.05, 0.1) is 13.2 Å². The van der Waals surface area contributed by atoms with E-state index in [1.807, 2.05) is 30.3 Å². The van der Waals surface area contributed by atoms with Crippen LogP contribution in [-0.2, 0) is 11.3 Å². The number of piperazine rings is 1. The first kappa shape index (κ1) is 15.8. The summed E-state index contributed by atoms with van der Waals surface area (Å²) in [7, 11) is 0. The summed E-state index contributed by atoms with van der Waals surface area (Å²) in [4.78, 5) is 2.39. The highest BCUT2D eigenvalue weighted by molar-refractivity contribution is 5.49. The molecular formula is C19H24N2O2. The molecule has 1 fully saturated rings. The molecule has 2 aromatic rings. The average Bonchev–Trinajstić information content (AvgIpc) is 2.64. The van der Waals surface area contributed by atoms with Gasteiger partial charge in [0.25, 0.3) is 0 Å². The molecule has 1 heterocycles. The topological polar surface area (TPSA) is 33.7 Å². The molecule has 0 aromatic heterocycles. The molecule has 0 atom stereocenters. The van der Waals surface area contributed by atoms with Crippen LogP contribution >= 0.6 is 0 Å². The van der Waals surface area contributed by atoms with Gasteiger partial charge in [0.2, 0.25) is 0 Å². The largest absolute Gasteiger partial charge is 0.491 e. The van der Waals surface area contributed by atoms with E-state index in [0.29, 0.717) is 19.8 Å². The van der Waals surface area contributed by atoms with Crippen LogP contribution < -0.4 is 15.0 Å². The first-order chi connectivity index (χ1) is 11.4. The summed E-state index contributed by atoms with van der Waals surface area (Å²) in [5.41, 5.74) is 2.45. The van der Waals surface area contributed by atoms with E-state index in [2.05, 4.69) is 34.5 Å². The summed E-state index contributed by atoms with van der Waals surface area (Å²) < 4.78 is 11.4. The van der Waals surface area contributed by atoms with Gasteiger partial charge in [-0.25, -0.2) is 0 Å². The second kappa shape index (κ2) is 8.56. The molecule has 1 N–H and O–H groups in total. The first-order valence-corrected chi connectivity index (χ1v) is 8.22. The van der Waals surface area contributed by atoms with E-state index in [4.69, 9.17) is 9.47 Å². The highest BCUT2D eigenvalue weighted by Crippen LogP contribution is 2.19. The van der Waals surface area contributed by atoms with Crippen LogP contribution in [0, 0.1) is 0 Å². The number of hydrogen-bond acceptors (Lipinski definition) is 4. The van der Waals surface area contributed by atoms with Gasteiger partial charge in [-0.3, -0.25) is 0 Å². The minimum Gasteiger partial charge on any atom is -0.491 e. The van der Waals surface area contributed by atoms with Gasteiger partial charge in [0.1, 0.15) is 12.4 Å². The summed E-state index contributed by atoms with van der Waals surface area (Å²) in [5.74, 6) is 0.896. The molecule has 3 rings (SSSR count). The maximum absolute atomic E-state index is 5.73. The van der Waals surface area contributed by atoms with Crippen LogP contribution in [0.3, 0.4) is 0 Å². The predicted molar refractivity (Wildman–Crippen MR) is 93.1 cm³/mol. The lowest BCUT2D eigenvalue weighted by Crippen LogP contribution is -2.43. The number of anilines is 1. The SMILES string of the molecule is c1ccc(COCCOc2ccc(N3CCNCC3)cc2)cc1. The van der Waals surface area contributed by atoms with Crippen molar-refractivity contribution in [1.29, 1.82) is 0 Å². The fourth-order valence-electron chi connectivity index (χ4n) is 2.66. The summed E-state index contributed by atoms with van der Waals surface area (Å²) >= 11 is 0.